The first-order chi connectivity index (χ1) is 17.5. The summed E-state index contributed by atoms with van der Waals surface area (Å²) in [4.78, 5) is 26.5. The first-order valence-electron chi connectivity index (χ1n) is 11.8. The van der Waals surface area contributed by atoms with E-state index in [2.05, 4.69) is 64.3 Å². The zero-order valence-electron chi connectivity index (χ0n) is 20.1. The van der Waals surface area contributed by atoms with E-state index in [9.17, 15) is 9.59 Å². The molecule has 0 heterocycles. The van der Waals surface area contributed by atoms with Crippen LogP contribution >= 0.6 is 22.6 Å². The molecular weight excluding hydrogens is 561 g/mol. The topological polar surface area (TPSA) is 55.4 Å². The number of rotatable bonds is 9. The molecule has 0 aromatic heterocycles. The van der Waals surface area contributed by atoms with Crippen LogP contribution in [0.5, 0.6) is 0 Å². The molecule has 1 N–H and O–H groups in total. The molecule has 5 heteroatoms. The fourth-order valence-electron chi connectivity index (χ4n) is 4.68. The molecule has 1 atom stereocenters. The van der Waals surface area contributed by atoms with Gasteiger partial charge in [0.2, 0.25) is 5.91 Å². The number of carbonyl (C=O) groups is 2. The molecule has 0 aliphatic rings. The maximum absolute atomic E-state index is 13.8. The number of esters is 1. The van der Waals surface area contributed by atoms with Crippen molar-refractivity contribution in [1.82, 2.24) is 5.32 Å². The Labute approximate surface area is 225 Å². The largest absolute Gasteiger partial charge is 0.467 e. The van der Waals surface area contributed by atoms with Gasteiger partial charge in [-0.2, -0.15) is 0 Å². The van der Waals surface area contributed by atoms with E-state index in [1.807, 2.05) is 78.9 Å². The molecule has 4 aromatic rings. The molecule has 0 unspecified atom stereocenters. The van der Waals surface area contributed by atoms with Gasteiger partial charge in [0.15, 0.2) is 0 Å². The van der Waals surface area contributed by atoms with E-state index in [1.54, 1.807) is 0 Å². The van der Waals surface area contributed by atoms with Crippen LogP contribution in [0.1, 0.15) is 28.7 Å². The summed E-state index contributed by atoms with van der Waals surface area (Å²) in [6.45, 7) is 0. The fourth-order valence-corrected chi connectivity index (χ4v) is 5.29. The third kappa shape index (κ3) is 5.68. The van der Waals surface area contributed by atoms with E-state index in [1.165, 1.54) is 7.11 Å². The average Bonchev–Trinajstić information content (AvgIpc) is 2.93. The van der Waals surface area contributed by atoms with Gasteiger partial charge in [0.1, 0.15) is 6.04 Å². The molecule has 4 aromatic carbocycles. The van der Waals surface area contributed by atoms with Crippen molar-refractivity contribution in [2.75, 3.05) is 7.11 Å². The number of ether oxygens (including phenoxy) is 1. The van der Waals surface area contributed by atoms with Gasteiger partial charge in [0.05, 0.1) is 12.5 Å². The van der Waals surface area contributed by atoms with Crippen LogP contribution in [0.25, 0.3) is 0 Å². The van der Waals surface area contributed by atoms with E-state index in [-0.39, 0.29) is 12.3 Å². The van der Waals surface area contributed by atoms with Gasteiger partial charge in [-0.05, 0) is 50.9 Å². The number of methoxy groups -OCH3 is 1. The molecule has 0 saturated carbocycles. The van der Waals surface area contributed by atoms with Crippen LogP contribution in [0.4, 0.5) is 0 Å². The highest BCUT2D eigenvalue weighted by molar-refractivity contribution is 14.1. The predicted octanol–water partition coefficient (Wildman–Crippen LogP) is 5.92. The first kappa shape index (κ1) is 25.6. The summed E-state index contributed by atoms with van der Waals surface area (Å²) in [6, 6.07) is 37.2. The third-order valence-corrected chi connectivity index (χ3v) is 7.48. The molecule has 0 aliphatic carbocycles. The SMILES string of the molecule is COC(=O)[C@@H](Cc1ccccc1I)NC(=O)CC(c1ccccc1)(c1ccccc1)c1ccccc1. The third-order valence-electron chi connectivity index (χ3n) is 6.43. The van der Waals surface area contributed by atoms with Gasteiger partial charge in [0.25, 0.3) is 0 Å². The highest BCUT2D eigenvalue weighted by Gasteiger charge is 2.39. The maximum atomic E-state index is 13.8. The smallest absolute Gasteiger partial charge is 0.328 e. The lowest BCUT2D eigenvalue weighted by molar-refractivity contribution is -0.145. The molecule has 182 valence electrons. The Morgan fingerprint density at radius 1 is 0.750 bits per heavy atom. The zero-order valence-corrected chi connectivity index (χ0v) is 22.2. The standard InChI is InChI=1S/C31H28INO3/c1-36-30(35)28(21-23-13-11-12-20-27(23)32)33-29(34)22-31(24-14-5-2-6-15-24,25-16-7-3-8-17-25)26-18-9-4-10-19-26/h2-20,28H,21-22H2,1H3,(H,33,34)/t28-/m1/s1. The molecule has 0 aliphatic heterocycles. The van der Waals surface area contributed by atoms with Gasteiger partial charge < -0.3 is 10.1 Å². The van der Waals surface area contributed by atoms with Crippen LogP contribution < -0.4 is 5.32 Å². The minimum atomic E-state index is -0.793. The van der Waals surface area contributed by atoms with Gasteiger partial charge in [-0.1, -0.05) is 109 Å². The first-order valence-corrected chi connectivity index (χ1v) is 12.9. The molecule has 0 spiro atoms. The van der Waals surface area contributed by atoms with Crippen molar-refractivity contribution in [2.24, 2.45) is 0 Å². The predicted molar refractivity (Wildman–Crippen MR) is 151 cm³/mol. The number of hydrogen-bond acceptors (Lipinski definition) is 3. The molecular formula is C31H28INO3. The number of amides is 1. The highest BCUT2D eigenvalue weighted by Crippen LogP contribution is 2.42. The second-order valence-electron chi connectivity index (χ2n) is 8.62. The monoisotopic (exact) mass is 589 g/mol. The second kappa shape index (κ2) is 12.0. The van der Waals surface area contributed by atoms with Gasteiger partial charge in [-0.15, -0.1) is 0 Å². The molecule has 0 radical (unpaired) electrons. The van der Waals surface area contributed by atoms with Crippen LogP contribution in [-0.4, -0.2) is 25.0 Å². The van der Waals surface area contributed by atoms with Gasteiger partial charge in [-0.3, -0.25) is 4.79 Å². The lowest BCUT2D eigenvalue weighted by Gasteiger charge is -2.36. The molecule has 0 fully saturated rings. The summed E-state index contributed by atoms with van der Waals surface area (Å²) in [5.74, 6) is -0.694. The average molecular weight is 589 g/mol. The second-order valence-corrected chi connectivity index (χ2v) is 9.78. The Hall–Kier alpha value is -3.45. The summed E-state index contributed by atoms with van der Waals surface area (Å²) < 4.78 is 6.09. The zero-order chi connectivity index (χ0) is 25.4. The van der Waals surface area contributed by atoms with Crippen molar-refractivity contribution in [3.63, 3.8) is 0 Å². The Balaban J connectivity index is 1.74. The van der Waals surface area contributed by atoms with Crippen LogP contribution in [0.2, 0.25) is 0 Å². The summed E-state index contributed by atoms with van der Waals surface area (Å²) in [7, 11) is 1.35. The molecule has 1 amide bonds. The van der Waals surface area contributed by atoms with E-state index in [0.29, 0.717) is 6.42 Å². The van der Waals surface area contributed by atoms with E-state index < -0.39 is 17.4 Å². The van der Waals surface area contributed by atoms with Crippen molar-refractivity contribution in [3.8, 4) is 0 Å². The molecule has 0 bridgehead atoms. The molecule has 4 nitrogen and oxygen atoms in total. The van der Waals surface area contributed by atoms with Crippen LogP contribution in [0.3, 0.4) is 0 Å². The fraction of sp³-hybridized carbons (Fsp3) is 0.161. The molecule has 4 rings (SSSR count). The van der Waals surface area contributed by atoms with Gasteiger partial charge >= 0.3 is 5.97 Å². The number of nitrogens with one attached hydrogen (secondary N) is 1. The van der Waals surface area contributed by atoms with Crippen LogP contribution in [0, 0.1) is 3.57 Å². The minimum Gasteiger partial charge on any atom is -0.467 e. The van der Waals surface area contributed by atoms with Crippen molar-refractivity contribution in [2.45, 2.75) is 24.3 Å². The summed E-state index contributed by atoms with van der Waals surface area (Å²) in [5.41, 5.74) is 3.25. The van der Waals surface area contributed by atoms with Crippen molar-refractivity contribution in [3.05, 3.63) is 141 Å². The lowest BCUT2D eigenvalue weighted by atomic mass is 9.67. The van der Waals surface area contributed by atoms with Gasteiger partial charge in [-0.25, -0.2) is 4.79 Å². The molecule has 36 heavy (non-hydrogen) atoms. The van der Waals surface area contributed by atoms with Crippen molar-refractivity contribution in [1.29, 1.82) is 0 Å². The van der Waals surface area contributed by atoms with Crippen molar-refractivity contribution < 1.29 is 14.3 Å². The minimum absolute atomic E-state index is 0.129. The van der Waals surface area contributed by atoms with E-state index in [0.717, 1.165) is 25.8 Å². The maximum Gasteiger partial charge on any atom is 0.328 e. The van der Waals surface area contributed by atoms with E-state index in [4.69, 9.17) is 4.74 Å². The molecule has 0 saturated heterocycles. The van der Waals surface area contributed by atoms with Crippen molar-refractivity contribution >= 4 is 34.5 Å². The highest BCUT2D eigenvalue weighted by atomic mass is 127. The Bertz CT molecular complexity index is 1200. The number of halogens is 1. The Morgan fingerprint density at radius 3 is 1.64 bits per heavy atom. The van der Waals surface area contributed by atoms with Crippen LogP contribution in [-0.2, 0) is 26.2 Å². The van der Waals surface area contributed by atoms with Gasteiger partial charge in [0, 0.05) is 16.4 Å². The summed E-state index contributed by atoms with van der Waals surface area (Å²) >= 11 is 2.24. The number of carbonyl (C=O) groups excluding carboxylic acids is 2. The summed E-state index contributed by atoms with van der Waals surface area (Å²) in [5, 5.41) is 2.99. The normalized spacial score (nSPS) is 11.9. The lowest BCUT2D eigenvalue weighted by Crippen LogP contribution is -2.46. The van der Waals surface area contributed by atoms with E-state index >= 15 is 0 Å². The summed E-state index contributed by atoms with van der Waals surface area (Å²) in [6.07, 6.45) is 0.483. The van der Waals surface area contributed by atoms with Crippen LogP contribution in [0.15, 0.2) is 115 Å². The number of benzene rings is 4. The Morgan fingerprint density at radius 2 is 1.19 bits per heavy atom. The Kier molecular flexibility index (Phi) is 8.54. The quantitative estimate of drug-likeness (QED) is 0.150. The number of hydrogen-bond donors (Lipinski definition) is 1.